The Morgan fingerprint density at radius 3 is 2.84 bits per heavy atom. The van der Waals surface area contributed by atoms with Gasteiger partial charge in [-0.2, -0.15) is 5.10 Å². The summed E-state index contributed by atoms with van der Waals surface area (Å²) in [4.78, 5) is 28.9. The van der Waals surface area contributed by atoms with Crippen LogP contribution in [-0.2, 0) is 11.2 Å². The van der Waals surface area contributed by atoms with E-state index in [1.807, 2.05) is 60.8 Å². The van der Waals surface area contributed by atoms with Crippen LogP contribution < -0.4 is 10.6 Å². The third-order valence-electron chi connectivity index (χ3n) is 5.19. The lowest BCUT2D eigenvalue weighted by Crippen LogP contribution is -2.18. The van der Waals surface area contributed by atoms with Gasteiger partial charge in [0.05, 0.1) is 22.6 Å². The Bertz CT molecular complexity index is 1290. The van der Waals surface area contributed by atoms with Crippen LogP contribution in [0, 0.1) is 6.92 Å². The number of fused-ring (bicyclic) bond motifs is 1. The van der Waals surface area contributed by atoms with Gasteiger partial charge in [-0.25, -0.2) is 9.67 Å². The number of para-hydroxylation sites is 1. The van der Waals surface area contributed by atoms with Gasteiger partial charge >= 0.3 is 0 Å². The number of hydrogen-bond acceptors (Lipinski definition) is 5. The lowest BCUT2D eigenvalue weighted by Gasteiger charge is -2.17. The molecule has 5 rings (SSSR count). The number of aryl methyl sites for hydroxylation is 2. The molecule has 2 N–H and O–H groups in total. The average molecular weight is 430 g/mol. The fourth-order valence-corrected chi connectivity index (χ4v) is 4.28. The van der Waals surface area contributed by atoms with Gasteiger partial charge in [0.15, 0.2) is 5.13 Å². The van der Waals surface area contributed by atoms with Crippen LogP contribution in [0.15, 0.2) is 60.1 Å². The number of aromatic nitrogens is 3. The van der Waals surface area contributed by atoms with Crippen molar-refractivity contribution in [3.63, 3.8) is 0 Å². The number of hydrogen-bond donors (Lipinski definition) is 2. The number of nitrogens with zero attached hydrogens (tertiary/aromatic N) is 3. The molecule has 0 saturated heterocycles. The SMILES string of the molecule is Cc1nn(-c2ccccc2)cc1C(=O)Nc1nc(-c2ccc3c(c2)CCC(=O)N3)cs1. The van der Waals surface area contributed by atoms with Crippen LogP contribution in [0.1, 0.15) is 28.0 Å². The molecule has 2 aromatic carbocycles. The van der Waals surface area contributed by atoms with Crippen molar-refractivity contribution < 1.29 is 9.59 Å². The second-order valence-electron chi connectivity index (χ2n) is 7.32. The van der Waals surface area contributed by atoms with E-state index in [0.29, 0.717) is 29.2 Å². The number of anilines is 2. The average Bonchev–Trinajstić information content (AvgIpc) is 3.40. The van der Waals surface area contributed by atoms with Gasteiger partial charge in [0.1, 0.15) is 0 Å². The molecule has 0 unspecified atom stereocenters. The summed E-state index contributed by atoms with van der Waals surface area (Å²) in [5, 5.41) is 12.7. The first kappa shape index (κ1) is 19.2. The Morgan fingerprint density at radius 1 is 1.16 bits per heavy atom. The summed E-state index contributed by atoms with van der Waals surface area (Å²) in [6.07, 6.45) is 2.94. The van der Waals surface area contributed by atoms with E-state index in [9.17, 15) is 9.59 Å². The standard InChI is InChI=1S/C23H19N5O2S/c1-14-18(12-28(27-14)17-5-3-2-4-6-17)22(30)26-23-25-20(13-31-23)16-7-9-19-15(11-16)8-10-21(29)24-19/h2-7,9,11-13H,8,10H2,1H3,(H,24,29)(H,25,26,30). The van der Waals surface area contributed by atoms with Gasteiger partial charge in [-0.3, -0.25) is 14.9 Å². The highest BCUT2D eigenvalue weighted by Gasteiger charge is 2.18. The summed E-state index contributed by atoms with van der Waals surface area (Å²) in [6, 6.07) is 15.5. The van der Waals surface area contributed by atoms with Crippen molar-refractivity contribution in [1.82, 2.24) is 14.8 Å². The molecule has 7 nitrogen and oxygen atoms in total. The maximum absolute atomic E-state index is 12.8. The van der Waals surface area contributed by atoms with E-state index in [-0.39, 0.29) is 11.8 Å². The maximum atomic E-state index is 12.8. The molecule has 1 aliphatic rings. The summed E-state index contributed by atoms with van der Waals surface area (Å²) in [6.45, 7) is 1.81. The third-order valence-corrected chi connectivity index (χ3v) is 5.94. The van der Waals surface area contributed by atoms with Gasteiger partial charge in [0.25, 0.3) is 5.91 Å². The Balaban J connectivity index is 1.34. The number of amides is 2. The zero-order valence-corrected chi connectivity index (χ0v) is 17.6. The first-order valence-corrected chi connectivity index (χ1v) is 10.8. The van der Waals surface area contributed by atoms with Crippen LogP contribution in [0.5, 0.6) is 0 Å². The monoisotopic (exact) mass is 429 g/mol. The second kappa shape index (κ2) is 7.81. The van der Waals surface area contributed by atoms with E-state index in [2.05, 4.69) is 20.7 Å². The number of benzene rings is 2. The molecule has 1 aliphatic heterocycles. The van der Waals surface area contributed by atoms with Crippen LogP contribution in [0.4, 0.5) is 10.8 Å². The molecule has 0 bridgehead atoms. The van der Waals surface area contributed by atoms with Crippen molar-refractivity contribution >= 4 is 34.0 Å². The van der Waals surface area contributed by atoms with E-state index in [1.165, 1.54) is 11.3 Å². The predicted molar refractivity (Wildman–Crippen MR) is 121 cm³/mol. The molecule has 2 amide bonds. The number of carbonyl (C=O) groups excluding carboxylic acids is 2. The van der Waals surface area contributed by atoms with Crippen LogP contribution >= 0.6 is 11.3 Å². The lowest BCUT2D eigenvalue weighted by molar-refractivity contribution is -0.116. The van der Waals surface area contributed by atoms with E-state index in [0.717, 1.165) is 28.2 Å². The predicted octanol–water partition coefficient (Wildman–Crippen LogP) is 4.44. The third kappa shape index (κ3) is 3.85. The molecule has 0 spiro atoms. The number of nitrogens with one attached hydrogen (secondary N) is 2. The molecule has 0 fully saturated rings. The van der Waals surface area contributed by atoms with Crippen LogP contribution in [-0.4, -0.2) is 26.6 Å². The zero-order chi connectivity index (χ0) is 21.4. The Kier molecular flexibility index (Phi) is 4.83. The Labute approximate surface area is 182 Å². The van der Waals surface area contributed by atoms with Crippen molar-refractivity contribution in [2.45, 2.75) is 19.8 Å². The van der Waals surface area contributed by atoms with E-state index >= 15 is 0 Å². The number of rotatable bonds is 4. The molecule has 8 heteroatoms. The molecular formula is C23H19N5O2S. The molecule has 2 aromatic heterocycles. The highest BCUT2D eigenvalue weighted by molar-refractivity contribution is 7.14. The molecule has 3 heterocycles. The largest absolute Gasteiger partial charge is 0.326 e. The second-order valence-corrected chi connectivity index (χ2v) is 8.18. The minimum absolute atomic E-state index is 0.0461. The van der Waals surface area contributed by atoms with Crippen molar-refractivity contribution in [2.75, 3.05) is 10.6 Å². The van der Waals surface area contributed by atoms with Crippen LogP contribution in [0.3, 0.4) is 0 Å². The fraction of sp³-hybridized carbons (Fsp3) is 0.130. The van der Waals surface area contributed by atoms with Gasteiger partial charge in [0, 0.05) is 29.2 Å². The normalized spacial score (nSPS) is 12.9. The van der Waals surface area contributed by atoms with Crippen molar-refractivity contribution in [3.8, 4) is 16.9 Å². The summed E-state index contributed by atoms with van der Waals surface area (Å²) in [5.41, 5.74) is 5.75. The topological polar surface area (TPSA) is 88.9 Å². The minimum atomic E-state index is -0.242. The zero-order valence-electron chi connectivity index (χ0n) is 16.8. The lowest BCUT2D eigenvalue weighted by atomic mass is 9.99. The first-order chi connectivity index (χ1) is 15.1. The molecule has 0 atom stereocenters. The summed E-state index contributed by atoms with van der Waals surface area (Å²) in [7, 11) is 0. The Hall–Kier alpha value is -3.78. The fourth-order valence-electron chi connectivity index (χ4n) is 3.57. The summed E-state index contributed by atoms with van der Waals surface area (Å²) in [5.74, 6) is -0.196. The van der Waals surface area contributed by atoms with Gasteiger partial charge < -0.3 is 5.32 Å². The molecule has 0 aliphatic carbocycles. The molecule has 31 heavy (non-hydrogen) atoms. The smallest absolute Gasteiger partial charge is 0.260 e. The maximum Gasteiger partial charge on any atom is 0.260 e. The van der Waals surface area contributed by atoms with E-state index in [4.69, 9.17) is 0 Å². The summed E-state index contributed by atoms with van der Waals surface area (Å²) < 4.78 is 1.70. The highest BCUT2D eigenvalue weighted by atomic mass is 32.1. The number of carbonyl (C=O) groups is 2. The van der Waals surface area contributed by atoms with Crippen molar-refractivity contribution in [1.29, 1.82) is 0 Å². The molecule has 0 radical (unpaired) electrons. The number of thiazole rings is 1. The summed E-state index contributed by atoms with van der Waals surface area (Å²) >= 11 is 1.37. The van der Waals surface area contributed by atoms with Gasteiger partial charge in [-0.1, -0.05) is 24.3 Å². The minimum Gasteiger partial charge on any atom is -0.326 e. The molecule has 4 aromatic rings. The van der Waals surface area contributed by atoms with Crippen LogP contribution in [0.2, 0.25) is 0 Å². The van der Waals surface area contributed by atoms with Crippen molar-refractivity contribution in [2.24, 2.45) is 0 Å². The molecular weight excluding hydrogens is 410 g/mol. The first-order valence-electron chi connectivity index (χ1n) is 9.88. The van der Waals surface area contributed by atoms with Gasteiger partial charge in [0.2, 0.25) is 5.91 Å². The highest BCUT2D eigenvalue weighted by Crippen LogP contribution is 2.30. The molecule has 154 valence electrons. The van der Waals surface area contributed by atoms with Crippen LogP contribution in [0.25, 0.3) is 16.9 Å². The Morgan fingerprint density at radius 2 is 2.00 bits per heavy atom. The van der Waals surface area contributed by atoms with Gasteiger partial charge in [-0.05, 0) is 43.2 Å². The van der Waals surface area contributed by atoms with E-state index < -0.39 is 0 Å². The van der Waals surface area contributed by atoms with Gasteiger partial charge in [-0.15, -0.1) is 11.3 Å². The van der Waals surface area contributed by atoms with E-state index in [1.54, 1.807) is 10.9 Å². The molecule has 0 saturated carbocycles. The quantitative estimate of drug-likeness (QED) is 0.502. The van der Waals surface area contributed by atoms with Crippen molar-refractivity contribution in [3.05, 3.63) is 76.9 Å².